The first-order valence-corrected chi connectivity index (χ1v) is 9.39. The minimum atomic E-state index is -0.627. The van der Waals surface area contributed by atoms with Crippen LogP contribution in [0.25, 0.3) is 10.8 Å². The Bertz CT molecular complexity index is 1030. The third-order valence-electron chi connectivity index (χ3n) is 4.37. The number of methoxy groups -OCH3 is 2. The van der Waals surface area contributed by atoms with E-state index in [2.05, 4.69) is 5.32 Å². The van der Waals surface area contributed by atoms with Crippen molar-refractivity contribution in [3.63, 3.8) is 0 Å². The summed E-state index contributed by atoms with van der Waals surface area (Å²) in [7, 11) is 3.04. The first kappa shape index (κ1) is 21.0. The highest BCUT2D eigenvalue weighted by Gasteiger charge is 2.16. The standard InChI is InChI=1S/C23H23NO6/c1-27-19-9-5-6-10-20(19)29-12-11-24-22(25)15-30-23(26)18-13-16-7-3-4-8-17(16)14-21(18)28-2/h3-10,13-14H,11-12,15H2,1-2H3,(H,24,25). The summed E-state index contributed by atoms with van der Waals surface area (Å²) in [5, 5.41) is 4.46. The summed E-state index contributed by atoms with van der Waals surface area (Å²) in [6.45, 7) is 0.107. The van der Waals surface area contributed by atoms with Crippen LogP contribution in [-0.4, -0.2) is 45.9 Å². The summed E-state index contributed by atoms with van der Waals surface area (Å²) in [5.41, 5.74) is 0.267. The van der Waals surface area contributed by atoms with E-state index in [1.165, 1.54) is 7.11 Å². The summed E-state index contributed by atoms with van der Waals surface area (Å²) in [6, 6.07) is 18.3. The summed E-state index contributed by atoms with van der Waals surface area (Å²) in [5.74, 6) is 0.542. The second-order valence-electron chi connectivity index (χ2n) is 6.33. The molecule has 3 rings (SSSR count). The number of hydrogen-bond donors (Lipinski definition) is 1. The summed E-state index contributed by atoms with van der Waals surface area (Å²) in [4.78, 5) is 24.4. The number of fused-ring (bicyclic) bond motifs is 1. The van der Waals surface area contributed by atoms with Gasteiger partial charge in [0.05, 0.1) is 20.8 Å². The zero-order valence-electron chi connectivity index (χ0n) is 16.8. The highest BCUT2D eigenvalue weighted by atomic mass is 16.5. The predicted octanol–water partition coefficient (Wildman–Crippen LogP) is 3.21. The lowest BCUT2D eigenvalue weighted by molar-refractivity contribution is -0.124. The molecule has 1 N–H and O–H groups in total. The lowest BCUT2D eigenvalue weighted by atomic mass is 10.1. The van der Waals surface area contributed by atoms with Crippen LogP contribution in [0.5, 0.6) is 17.2 Å². The smallest absolute Gasteiger partial charge is 0.342 e. The third-order valence-corrected chi connectivity index (χ3v) is 4.37. The van der Waals surface area contributed by atoms with E-state index < -0.39 is 18.5 Å². The van der Waals surface area contributed by atoms with Gasteiger partial charge in [0.25, 0.3) is 5.91 Å². The first-order valence-electron chi connectivity index (χ1n) is 9.39. The Morgan fingerprint density at radius 1 is 0.833 bits per heavy atom. The van der Waals surface area contributed by atoms with Crippen molar-refractivity contribution in [1.82, 2.24) is 5.32 Å². The van der Waals surface area contributed by atoms with Crippen molar-refractivity contribution in [2.24, 2.45) is 0 Å². The zero-order valence-corrected chi connectivity index (χ0v) is 16.8. The Balaban J connectivity index is 1.49. The van der Waals surface area contributed by atoms with Crippen molar-refractivity contribution in [2.75, 3.05) is 34.0 Å². The molecule has 0 bridgehead atoms. The molecule has 1 amide bonds. The SMILES string of the molecule is COc1ccccc1OCCNC(=O)COC(=O)c1cc2ccccc2cc1OC. The van der Waals surface area contributed by atoms with Crippen molar-refractivity contribution in [1.29, 1.82) is 0 Å². The Morgan fingerprint density at radius 3 is 2.17 bits per heavy atom. The first-order chi connectivity index (χ1) is 14.6. The minimum Gasteiger partial charge on any atom is -0.496 e. The van der Waals surface area contributed by atoms with Crippen molar-refractivity contribution >= 4 is 22.6 Å². The molecule has 156 valence electrons. The minimum absolute atomic E-state index is 0.249. The molecule has 0 aliphatic rings. The average Bonchev–Trinajstić information content (AvgIpc) is 2.79. The molecule has 0 atom stereocenters. The molecule has 30 heavy (non-hydrogen) atoms. The Labute approximate surface area is 174 Å². The molecule has 0 unspecified atom stereocenters. The largest absolute Gasteiger partial charge is 0.496 e. The van der Waals surface area contributed by atoms with E-state index in [4.69, 9.17) is 18.9 Å². The van der Waals surface area contributed by atoms with E-state index in [-0.39, 0.29) is 18.7 Å². The van der Waals surface area contributed by atoms with Gasteiger partial charge in [-0.2, -0.15) is 0 Å². The molecule has 0 saturated heterocycles. The predicted molar refractivity (Wildman–Crippen MR) is 112 cm³/mol. The second kappa shape index (κ2) is 10.2. The summed E-state index contributed by atoms with van der Waals surface area (Å²) in [6.07, 6.45) is 0. The van der Waals surface area contributed by atoms with E-state index in [1.54, 1.807) is 31.4 Å². The number of amides is 1. The maximum Gasteiger partial charge on any atom is 0.342 e. The van der Waals surface area contributed by atoms with Crippen LogP contribution < -0.4 is 19.5 Å². The van der Waals surface area contributed by atoms with Crippen LogP contribution in [0.3, 0.4) is 0 Å². The van der Waals surface area contributed by atoms with Gasteiger partial charge in [-0.3, -0.25) is 4.79 Å². The number of rotatable bonds is 9. The number of carbonyl (C=O) groups excluding carboxylic acids is 2. The van der Waals surface area contributed by atoms with Crippen LogP contribution in [-0.2, 0) is 9.53 Å². The molecule has 3 aromatic rings. The third kappa shape index (κ3) is 5.20. The van der Waals surface area contributed by atoms with E-state index in [0.29, 0.717) is 17.2 Å². The van der Waals surface area contributed by atoms with Crippen LogP contribution in [0.1, 0.15) is 10.4 Å². The van der Waals surface area contributed by atoms with Gasteiger partial charge in [0.1, 0.15) is 17.9 Å². The van der Waals surface area contributed by atoms with E-state index in [1.807, 2.05) is 36.4 Å². The highest BCUT2D eigenvalue weighted by Crippen LogP contribution is 2.27. The van der Waals surface area contributed by atoms with Gasteiger partial charge in [-0.1, -0.05) is 36.4 Å². The van der Waals surface area contributed by atoms with Gasteiger partial charge in [0, 0.05) is 0 Å². The molecule has 7 heteroatoms. The number of esters is 1. The second-order valence-corrected chi connectivity index (χ2v) is 6.33. The number of para-hydroxylation sites is 2. The van der Waals surface area contributed by atoms with E-state index >= 15 is 0 Å². The fraction of sp³-hybridized carbons (Fsp3) is 0.217. The topological polar surface area (TPSA) is 83.1 Å². The number of nitrogens with one attached hydrogen (secondary N) is 1. The molecule has 0 aliphatic carbocycles. The Hall–Kier alpha value is -3.74. The molecule has 0 radical (unpaired) electrons. The molecule has 0 saturated carbocycles. The summed E-state index contributed by atoms with van der Waals surface area (Å²) >= 11 is 0. The van der Waals surface area contributed by atoms with Gasteiger partial charge < -0.3 is 24.3 Å². The summed E-state index contributed by atoms with van der Waals surface area (Å²) < 4.78 is 21.2. The fourth-order valence-corrected chi connectivity index (χ4v) is 2.90. The highest BCUT2D eigenvalue weighted by molar-refractivity contribution is 5.99. The lowest BCUT2D eigenvalue weighted by Crippen LogP contribution is -2.32. The monoisotopic (exact) mass is 409 g/mol. The number of ether oxygens (including phenoxy) is 4. The van der Waals surface area contributed by atoms with Gasteiger partial charge in [0.15, 0.2) is 18.1 Å². The van der Waals surface area contributed by atoms with E-state index in [9.17, 15) is 9.59 Å². The molecular weight excluding hydrogens is 386 g/mol. The Kier molecular flexibility index (Phi) is 7.10. The maximum atomic E-state index is 12.4. The maximum absolute atomic E-state index is 12.4. The molecule has 0 aromatic heterocycles. The van der Waals surface area contributed by atoms with Gasteiger partial charge in [-0.05, 0) is 35.0 Å². The molecule has 3 aromatic carbocycles. The molecule has 0 spiro atoms. The van der Waals surface area contributed by atoms with Gasteiger partial charge in [-0.15, -0.1) is 0 Å². The lowest BCUT2D eigenvalue weighted by Gasteiger charge is -2.12. The van der Waals surface area contributed by atoms with Crippen molar-refractivity contribution < 1.29 is 28.5 Å². The number of benzene rings is 3. The van der Waals surface area contributed by atoms with Crippen LogP contribution in [0, 0.1) is 0 Å². The zero-order chi connectivity index (χ0) is 21.3. The van der Waals surface area contributed by atoms with Gasteiger partial charge in [-0.25, -0.2) is 4.79 Å². The normalized spacial score (nSPS) is 10.3. The quantitative estimate of drug-likeness (QED) is 0.432. The molecular formula is C23H23NO6. The average molecular weight is 409 g/mol. The van der Waals surface area contributed by atoms with Crippen LogP contribution in [0.2, 0.25) is 0 Å². The molecule has 0 aliphatic heterocycles. The Morgan fingerprint density at radius 2 is 1.47 bits per heavy atom. The number of carbonyl (C=O) groups is 2. The van der Waals surface area contributed by atoms with E-state index in [0.717, 1.165) is 10.8 Å². The van der Waals surface area contributed by atoms with Crippen LogP contribution >= 0.6 is 0 Å². The molecule has 0 fully saturated rings. The van der Waals surface area contributed by atoms with Crippen molar-refractivity contribution in [3.8, 4) is 17.2 Å². The van der Waals surface area contributed by atoms with Gasteiger partial charge in [0.2, 0.25) is 0 Å². The van der Waals surface area contributed by atoms with Gasteiger partial charge >= 0.3 is 5.97 Å². The van der Waals surface area contributed by atoms with Crippen LogP contribution in [0.4, 0.5) is 0 Å². The number of hydrogen-bond acceptors (Lipinski definition) is 6. The van der Waals surface area contributed by atoms with Crippen LogP contribution in [0.15, 0.2) is 60.7 Å². The molecule has 0 heterocycles. The van der Waals surface area contributed by atoms with Crippen molar-refractivity contribution in [3.05, 3.63) is 66.2 Å². The molecule has 7 nitrogen and oxygen atoms in total. The fourth-order valence-electron chi connectivity index (χ4n) is 2.90. The van der Waals surface area contributed by atoms with Crippen molar-refractivity contribution in [2.45, 2.75) is 0 Å².